The van der Waals surface area contributed by atoms with Crippen LogP contribution in [0.5, 0.6) is 0 Å². The molecule has 3 nitrogen and oxygen atoms in total. The molecule has 13 heavy (non-hydrogen) atoms. The molecule has 1 saturated carbocycles. The number of hydrogen-bond acceptors (Lipinski definition) is 2. The molecule has 1 aliphatic rings. The van der Waals surface area contributed by atoms with Crippen molar-refractivity contribution in [3.8, 4) is 0 Å². The zero-order chi connectivity index (χ0) is 9.26. The predicted octanol–water partition coefficient (Wildman–Crippen LogP) is 1.79. The monoisotopic (exact) mass is 178 g/mol. The number of imidazole rings is 1. The van der Waals surface area contributed by atoms with E-state index < -0.39 is 0 Å². The maximum Gasteiger partial charge on any atom is 0.183 e. The van der Waals surface area contributed by atoms with E-state index in [-0.39, 0.29) is 11.7 Å². The van der Waals surface area contributed by atoms with Gasteiger partial charge in [0.25, 0.3) is 0 Å². The van der Waals surface area contributed by atoms with Crippen LogP contribution in [-0.2, 0) is 7.05 Å². The van der Waals surface area contributed by atoms with Crippen molar-refractivity contribution in [1.82, 2.24) is 9.55 Å². The molecule has 2 rings (SSSR count). The quantitative estimate of drug-likeness (QED) is 0.647. The first-order chi connectivity index (χ1) is 6.29. The number of ketones is 1. The van der Waals surface area contributed by atoms with Gasteiger partial charge in [0.15, 0.2) is 5.78 Å². The number of hydrogen-bond donors (Lipinski definition) is 0. The lowest BCUT2D eigenvalue weighted by atomic mass is 10.0. The van der Waals surface area contributed by atoms with Crippen LogP contribution in [-0.4, -0.2) is 15.3 Å². The third-order valence-electron chi connectivity index (χ3n) is 2.80. The summed E-state index contributed by atoms with van der Waals surface area (Å²) in [6.07, 6.45) is 7.87. The number of aromatic nitrogens is 2. The van der Waals surface area contributed by atoms with Crippen LogP contribution in [0.25, 0.3) is 0 Å². The fourth-order valence-electron chi connectivity index (χ4n) is 1.99. The molecule has 0 spiro atoms. The molecule has 1 aromatic heterocycles. The molecule has 1 aromatic rings. The fraction of sp³-hybridized carbons (Fsp3) is 0.600. The SMILES string of the molecule is Cn1cncc1C(=O)C1CCCC1. The second-order valence-corrected chi connectivity index (χ2v) is 3.74. The lowest BCUT2D eigenvalue weighted by Crippen LogP contribution is -2.14. The highest BCUT2D eigenvalue weighted by atomic mass is 16.1. The largest absolute Gasteiger partial charge is 0.331 e. The standard InChI is InChI=1S/C10H14N2O/c1-12-7-11-6-9(12)10(13)8-4-2-3-5-8/h6-8H,2-5H2,1H3. The van der Waals surface area contributed by atoms with Crippen molar-refractivity contribution in [3.63, 3.8) is 0 Å². The molecule has 0 amide bonds. The normalized spacial score (nSPS) is 17.9. The molecule has 0 unspecified atom stereocenters. The number of nitrogens with zero attached hydrogens (tertiary/aromatic N) is 2. The van der Waals surface area contributed by atoms with Gasteiger partial charge < -0.3 is 4.57 Å². The summed E-state index contributed by atoms with van der Waals surface area (Å²) in [5.41, 5.74) is 0.756. The topological polar surface area (TPSA) is 34.9 Å². The molecule has 1 aliphatic carbocycles. The molecule has 0 atom stereocenters. The van der Waals surface area contributed by atoms with E-state index >= 15 is 0 Å². The molecule has 1 fully saturated rings. The van der Waals surface area contributed by atoms with Crippen LogP contribution in [0.2, 0.25) is 0 Å². The molecule has 0 aromatic carbocycles. The maximum atomic E-state index is 11.9. The zero-order valence-electron chi connectivity index (χ0n) is 7.86. The van der Waals surface area contributed by atoms with Crippen LogP contribution in [0.4, 0.5) is 0 Å². The smallest absolute Gasteiger partial charge is 0.183 e. The van der Waals surface area contributed by atoms with Gasteiger partial charge in [-0.1, -0.05) is 12.8 Å². The van der Waals surface area contributed by atoms with Gasteiger partial charge in [-0.15, -0.1) is 0 Å². The van der Waals surface area contributed by atoms with Crippen molar-refractivity contribution in [1.29, 1.82) is 0 Å². The number of carbonyl (C=O) groups is 1. The number of Topliss-reactive ketones (excluding diaryl/α,β-unsaturated/α-hetero) is 1. The molecular formula is C10H14N2O. The molecule has 1 heterocycles. The van der Waals surface area contributed by atoms with Gasteiger partial charge >= 0.3 is 0 Å². The lowest BCUT2D eigenvalue weighted by molar-refractivity contribution is 0.0914. The van der Waals surface area contributed by atoms with E-state index in [1.807, 2.05) is 7.05 Å². The van der Waals surface area contributed by atoms with Crippen LogP contribution in [0.3, 0.4) is 0 Å². The number of aryl methyl sites for hydroxylation is 1. The average Bonchev–Trinajstić information content (AvgIpc) is 2.72. The molecular weight excluding hydrogens is 164 g/mol. The van der Waals surface area contributed by atoms with Crippen molar-refractivity contribution in [3.05, 3.63) is 18.2 Å². The van der Waals surface area contributed by atoms with Gasteiger partial charge in [-0.25, -0.2) is 4.98 Å². The first kappa shape index (κ1) is 8.48. The average molecular weight is 178 g/mol. The van der Waals surface area contributed by atoms with Crippen LogP contribution in [0, 0.1) is 5.92 Å². The summed E-state index contributed by atoms with van der Waals surface area (Å²) in [5.74, 6) is 0.535. The Bertz CT molecular complexity index is 310. The van der Waals surface area contributed by atoms with Crippen LogP contribution in [0.15, 0.2) is 12.5 Å². The van der Waals surface area contributed by atoms with Crippen molar-refractivity contribution in [2.24, 2.45) is 13.0 Å². The minimum absolute atomic E-state index is 0.260. The van der Waals surface area contributed by atoms with Crippen molar-refractivity contribution in [2.75, 3.05) is 0 Å². The Labute approximate surface area is 77.8 Å². The van der Waals surface area contributed by atoms with Crippen LogP contribution in [0.1, 0.15) is 36.2 Å². The van der Waals surface area contributed by atoms with E-state index in [0.29, 0.717) is 0 Å². The minimum Gasteiger partial charge on any atom is -0.331 e. The summed E-state index contributed by atoms with van der Waals surface area (Å²) < 4.78 is 1.81. The van der Waals surface area contributed by atoms with Crippen LogP contribution >= 0.6 is 0 Å². The molecule has 0 N–H and O–H groups in total. The first-order valence-corrected chi connectivity index (χ1v) is 4.79. The van der Waals surface area contributed by atoms with E-state index in [4.69, 9.17) is 0 Å². The molecule has 0 radical (unpaired) electrons. The van der Waals surface area contributed by atoms with Crippen molar-refractivity contribution in [2.45, 2.75) is 25.7 Å². The third-order valence-corrected chi connectivity index (χ3v) is 2.80. The van der Waals surface area contributed by atoms with Gasteiger partial charge in [0, 0.05) is 13.0 Å². The summed E-state index contributed by atoms with van der Waals surface area (Å²) in [6, 6.07) is 0. The summed E-state index contributed by atoms with van der Waals surface area (Å²) in [6.45, 7) is 0. The maximum absolute atomic E-state index is 11.9. The lowest BCUT2D eigenvalue weighted by Gasteiger charge is -2.07. The van der Waals surface area contributed by atoms with E-state index in [9.17, 15) is 4.79 Å². The highest BCUT2D eigenvalue weighted by Crippen LogP contribution is 2.27. The van der Waals surface area contributed by atoms with Gasteiger partial charge in [-0.3, -0.25) is 4.79 Å². The highest BCUT2D eigenvalue weighted by molar-refractivity contribution is 5.96. The Hall–Kier alpha value is -1.12. The Morgan fingerprint density at radius 3 is 2.77 bits per heavy atom. The van der Waals surface area contributed by atoms with Crippen LogP contribution < -0.4 is 0 Å². The second kappa shape index (κ2) is 3.32. The van der Waals surface area contributed by atoms with Gasteiger partial charge in [0.05, 0.1) is 12.5 Å². The third kappa shape index (κ3) is 1.50. The Morgan fingerprint density at radius 2 is 2.23 bits per heavy atom. The Balaban J connectivity index is 2.17. The molecule has 0 aliphatic heterocycles. The van der Waals surface area contributed by atoms with E-state index in [0.717, 1.165) is 18.5 Å². The van der Waals surface area contributed by atoms with E-state index in [1.54, 1.807) is 17.1 Å². The van der Waals surface area contributed by atoms with Gasteiger partial charge in [-0.2, -0.15) is 0 Å². The summed E-state index contributed by atoms with van der Waals surface area (Å²) in [4.78, 5) is 15.8. The fourth-order valence-corrected chi connectivity index (χ4v) is 1.99. The molecule has 0 saturated heterocycles. The first-order valence-electron chi connectivity index (χ1n) is 4.79. The minimum atomic E-state index is 0.260. The van der Waals surface area contributed by atoms with Gasteiger partial charge in [-0.05, 0) is 12.8 Å². The molecule has 70 valence electrons. The van der Waals surface area contributed by atoms with Gasteiger partial charge in [0.1, 0.15) is 5.69 Å². The Morgan fingerprint density at radius 1 is 1.54 bits per heavy atom. The summed E-state index contributed by atoms with van der Waals surface area (Å²) in [7, 11) is 1.87. The Kier molecular flexibility index (Phi) is 2.17. The van der Waals surface area contributed by atoms with Gasteiger partial charge in [0.2, 0.25) is 0 Å². The number of rotatable bonds is 2. The predicted molar refractivity (Wildman–Crippen MR) is 49.5 cm³/mol. The van der Waals surface area contributed by atoms with Crippen molar-refractivity contribution >= 4 is 5.78 Å². The van der Waals surface area contributed by atoms with Crippen molar-refractivity contribution < 1.29 is 4.79 Å². The van der Waals surface area contributed by atoms with E-state index in [2.05, 4.69) is 4.98 Å². The molecule has 0 bridgehead atoms. The highest BCUT2D eigenvalue weighted by Gasteiger charge is 2.25. The summed E-state index contributed by atoms with van der Waals surface area (Å²) >= 11 is 0. The summed E-state index contributed by atoms with van der Waals surface area (Å²) in [5, 5.41) is 0. The molecule has 3 heteroatoms. The zero-order valence-corrected chi connectivity index (χ0v) is 7.86. The number of carbonyl (C=O) groups excluding carboxylic acids is 1. The second-order valence-electron chi connectivity index (χ2n) is 3.74. The van der Waals surface area contributed by atoms with E-state index in [1.165, 1.54) is 12.8 Å².